The summed E-state index contributed by atoms with van der Waals surface area (Å²) in [7, 11) is 1.57. The molecule has 0 radical (unpaired) electrons. The van der Waals surface area contributed by atoms with E-state index in [2.05, 4.69) is 32.0 Å². The van der Waals surface area contributed by atoms with Gasteiger partial charge in [-0.05, 0) is 67.4 Å². The van der Waals surface area contributed by atoms with Crippen LogP contribution in [0, 0.1) is 13.8 Å². The topological polar surface area (TPSA) is 101 Å². The highest BCUT2D eigenvalue weighted by Gasteiger charge is 2.21. The number of hydrogen-bond donors (Lipinski definition) is 3. The first-order valence-corrected chi connectivity index (χ1v) is 12.0. The number of ether oxygens (including phenoxy) is 1. The third-order valence-electron chi connectivity index (χ3n) is 5.66. The Kier molecular flexibility index (Phi) is 7.40. The van der Waals surface area contributed by atoms with E-state index in [0.717, 1.165) is 21.2 Å². The second-order valence-electron chi connectivity index (χ2n) is 8.31. The molecule has 184 valence electrons. The molecule has 8 nitrogen and oxygen atoms in total. The standard InChI is InChI=1S/C27H25BrN4O4/c1-16-4-10-22(17(2)12-16)30-25(33)24-14-19-13-20(28)7-11-23(19)32(24)31-27(35)26(34)29-15-18-5-8-21(36-3)9-6-18/h4-14H,15H2,1-3H3,(H,29,34)(H,30,33)(H,31,35). The number of rotatable bonds is 6. The smallest absolute Gasteiger partial charge is 0.328 e. The highest BCUT2D eigenvalue weighted by molar-refractivity contribution is 9.10. The number of nitrogens with zero attached hydrogens (tertiary/aromatic N) is 1. The van der Waals surface area contributed by atoms with Gasteiger partial charge in [0.1, 0.15) is 11.4 Å². The number of aromatic nitrogens is 1. The van der Waals surface area contributed by atoms with Crippen LogP contribution in [0.5, 0.6) is 5.75 Å². The highest BCUT2D eigenvalue weighted by Crippen LogP contribution is 2.24. The van der Waals surface area contributed by atoms with Crippen molar-refractivity contribution in [2.75, 3.05) is 17.9 Å². The molecule has 0 aliphatic carbocycles. The molecule has 36 heavy (non-hydrogen) atoms. The minimum Gasteiger partial charge on any atom is -0.497 e. The number of amides is 3. The molecule has 9 heteroatoms. The van der Waals surface area contributed by atoms with E-state index in [1.165, 1.54) is 4.68 Å². The third kappa shape index (κ3) is 5.58. The predicted octanol–water partition coefficient (Wildman–Crippen LogP) is 4.67. The van der Waals surface area contributed by atoms with Gasteiger partial charge in [-0.2, -0.15) is 0 Å². The molecule has 0 atom stereocenters. The molecule has 0 saturated carbocycles. The molecule has 0 fully saturated rings. The van der Waals surface area contributed by atoms with Gasteiger partial charge in [-0.15, -0.1) is 0 Å². The Morgan fingerprint density at radius 2 is 1.67 bits per heavy atom. The third-order valence-corrected chi connectivity index (χ3v) is 6.15. The first kappa shape index (κ1) is 25.0. The fraction of sp³-hybridized carbons (Fsp3) is 0.148. The highest BCUT2D eigenvalue weighted by atomic mass is 79.9. The van der Waals surface area contributed by atoms with Crippen LogP contribution in [0.3, 0.4) is 0 Å². The largest absolute Gasteiger partial charge is 0.497 e. The Labute approximate surface area is 216 Å². The van der Waals surface area contributed by atoms with Gasteiger partial charge in [0.25, 0.3) is 5.91 Å². The van der Waals surface area contributed by atoms with Gasteiger partial charge in [0.05, 0.1) is 12.6 Å². The number of nitrogens with one attached hydrogen (secondary N) is 3. The van der Waals surface area contributed by atoms with Crippen molar-refractivity contribution in [2.45, 2.75) is 20.4 Å². The molecule has 0 unspecified atom stereocenters. The number of fused-ring (bicyclic) bond motifs is 1. The van der Waals surface area contributed by atoms with E-state index in [-0.39, 0.29) is 12.2 Å². The zero-order valence-corrected chi connectivity index (χ0v) is 21.6. The van der Waals surface area contributed by atoms with Crippen LogP contribution >= 0.6 is 15.9 Å². The van der Waals surface area contributed by atoms with Gasteiger partial charge in [-0.3, -0.25) is 19.8 Å². The zero-order chi connectivity index (χ0) is 25.8. The second kappa shape index (κ2) is 10.7. The summed E-state index contributed by atoms with van der Waals surface area (Å²) < 4.78 is 7.27. The Hall–Kier alpha value is -4.11. The summed E-state index contributed by atoms with van der Waals surface area (Å²) in [6.07, 6.45) is 0. The van der Waals surface area contributed by atoms with Crippen molar-refractivity contribution >= 4 is 50.2 Å². The molecule has 0 spiro atoms. The monoisotopic (exact) mass is 548 g/mol. The number of anilines is 1. The van der Waals surface area contributed by atoms with E-state index in [1.54, 1.807) is 49.6 Å². The van der Waals surface area contributed by atoms with Crippen LogP contribution < -0.4 is 20.8 Å². The van der Waals surface area contributed by atoms with Crippen LogP contribution in [-0.4, -0.2) is 29.5 Å². The number of halogens is 1. The van der Waals surface area contributed by atoms with Crippen molar-refractivity contribution in [1.82, 2.24) is 9.99 Å². The molecule has 3 aromatic carbocycles. The van der Waals surface area contributed by atoms with Gasteiger partial charge in [-0.1, -0.05) is 45.8 Å². The van der Waals surface area contributed by atoms with Crippen LogP contribution in [0.4, 0.5) is 5.69 Å². The fourth-order valence-electron chi connectivity index (χ4n) is 3.77. The molecule has 0 saturated heterocycles. The van der Waals surface area contributed by atoms with Crippen LogP contribution in [0.1, 0.15) is 27.2 Å². The van der Waals surface area contributed by atoms with Gasteiger partial charge in [-0.25, -0.2) is 4.68 Å². The lowest BCUT2D eigenvalue weighted by atomic mass is 10.1. The van der Waals surface area contributed by atoms with Crippen molar-refractivity contribution in [1.29, 1.82) is 0 Å². The van der Waals surface area contributed by atoms with Gasteiger partial charge >= 0.3 is 11.8 Å². The molecule has 1 aromatic heterocycles. The second-order valence-corrected chi connectivity index (χ2v) is 9.23. The van der Waals surface area contributed by atoms with E-state index < -0.39 is 17.7 Å². The maximum Gasteiger partial charge on any atom is 0.328 e. The van der Waals surface area contributed by atoms with Crippen molar-refractivity contribution in [3.63, 3.8) is 0 Å². The summed E-state index contributed by atoms with van der Waals surface area (Å²) in [6.45, 7) is 4.05. The van der Waals surface area contributed by atoms with E-state index in [1.807, 2.05) is 38.1 Å². The summed E-state index contributed by atoms with van der Waals surface area (Å²) in [5.41, 5.74) is 6.78. The Bertz CT molecular complexity index is 1460. The van der Waals surface area contributed by atoms with E-state index in [4.69, 9.17) is 4.74 Å². The lowest BCUT2D eigenvalue weighted by Crippen LogP contribution is -2.39. The fourth-order valence-corrected chi connectivity index (χ4v) is 4.15. The molecule has 4 aromatic rings. The number of aryl methyl sites for hydroxylation is 2. The molecule has 3 amide bonds. The molecule has 3 N–H and O–H groups in total. The molecular formula is C27H25BrN4O4. The van der Waals surface area contributed by atoms with Gasteiger partial charge in [0.15, 0.2) is 0 Å². The number of hydrogen-bond acceptors (Lipinski definition) is 4. The minimum atomic E-state index is -0.899. The zero-order valence-electron chi connectivity index (χ0n) is 20.0. The van der Waals surface area contributed by atoms with Crippen LogP contribution in [0.2, 0.25) is 0 Å². The average molecular weight is 549 g/mol. The Morgan fingerprint density at radius 3 is 2.36 bits per heavy atom. The summed E-state index contributed by atoms with van der Waals surface area (Å²) >= 11 is 3.43. The van der Waals surface area contributed by atoms with Crippen molar-refractivity contribution in [3.8, 4) is 5.75 Å². The Balaban J connectivity index is 1.55. The summed E-state index contributed by atoms with van der Waals surface area (Å²) in [5, 5.41) is 6.21. The summed E-state index contributed by atoms with van der Waals surface area (Å²) in [5.74, 6) is -1.45. The van der Waals surface area contributed by atoms with Crippen molar-refractivity contribution in [2.24, 2.45) is 0 Å². The minimum absolute atomic E-state index is 0.162. The maximum atomic E-state index is 13.2. The molecule has 1 heterocycles. The lowest BCUT2D eigenvalue weighted by molar-refractivity contribution is -0.136. The first-order valence-electron chi connectivity index (χ1n) is 11.2. The molecule has 0 aliphatic rings. The normalized spacial score (nSPS) is 10.7. The van der Waals surface area contributed by atoms with Crippen LogP contribution in [-0.2, 0) is 16.1 Å². The molecular weight excluding hydrogens is 524 g/mol. The lowest BCUT2D eigenvalue weighted by Gasteiger charge is -2.14. The number of benzene rings is 3. The van der Waals surface area contributed by atoms with Crippen LogP contribution in [0.25, 0.3) is 10.9 Å². The van der Waals surface area contributed by atoms with Gasteiger partial charge in [0, 0.05) is 22.1 Å². The molecule has 0 bridgehead atoms. The number of carbonyl (C=O) groups is 3. The predicted molar refractivity (Wildman–Crippen MR) is 143 cm³/mol. The first-order chi connectivity index (χ1) is 17.2. The SMILES string of the molecule is COc1ccc(CNC(=O)C(=O)Nn2c(C(=O)Nc3ccc(C)cc3C)cc3cc(Br)ccc32)cc1. The summed E-state index contributed by atoms with van der Waals surface area (Å²) in [4.78, 5) is 38.5. The van der Waals surface area contributed by atoms with Crippen molar-refractivity contribution in [3.05, 3.63) is 93.6 Å². The number of methoxy groups -OCH3 is 1. The van der Waals surface area contributed by atoms with E-state index in [0.29, 0.717) is 22.3 Å². The Morgan fingerprint density at radius 1 is 0.917 bits per heavy atom. The molecule has 4 rings (SSSR count). The maximum absolute atomic E-state index is 13.2. The van der Waals surface area contributed by atoms with E-state index in [9.17, 15) is 14.4 Å². The number of carbonyl (C=O) groups excluding carboxylic acids is 3. The summed E-state index contributed by atoms with van der Waals surface area (Å²) in [6, 6.07) is 19.9. The van der Waals surface area contributed by atoms with Gasteiger partial charge < -0.3 is 15.4 Å². The quantitative estimate of drug-likeness (QED) is 0.305. The van der Waals surface area contributed by atoms with Crippen molar-refractivity contribution < 1.29 is 19.1 Å². The van der Waals surface area contributed by atoms with Gasteiger partial charge in [0.2, 0.25) is 0 Å². The molecule has 0 aliphatic heterocycles. The average Bonchev–Trinajstić information content (AvgIpc) is 3.21. The van der Waals surface area contributed by atoms with E-state index >= 15 is 0 Å². The van der Waals surface area contributed by atoms with Crippen LogP contribution in [0.15, 0.2) is 71.2 Å².